The van der Waals surface area contributed by atoms with E-state index in [0.29, 0.717) is 21.4 Å². The zero-order valence-electron chi connectivity index (χ0n) is 14.2. The molecule has 2 aromatic carbocycles. The Morgan fingerprint density at radius 2 is 1.89 bits per heavy atom. The first-order valence-electron chi connectivity index (χ1n) is 8.00. The van der Waals surface area contributed by atoms with Crippen molar-refractivity contribution in [2.75, 3.05) is 13.2 Å². The number of aromatic nitrogens is 2. The minimum absolute atomic E-state index is 0.0292. The molecule has 0 spiro atoms. The second-order valence-corrected chi connectivity index (χ2v) is 6.32. The minimum Gasteiger partial charge on any atom is -0.488 e. The Morgan fingerprint density at radius 3 is 2.61 bits per heavy atom. The Bertz CT molecular complexity index is 1030. The number of nitrogens with zero attached hydrogens (tertiary/aromatic N) is 2. The highest BCUT2D eigenvalue weighted by atomic mass is 35.5. The van der Waals surface area contributed by atoms with Crippen molar-refractivity contribution in [3.63, 3.8) is 0 Å². The smallest absolute Gasteiger partial charge is 0.437 e. The number of carbonyl (C=O) groups excluding carboxylic acids is 1. The molecule has 7 nitrogen and oxygen atoms in total. The summed E-state index contributed by atoms with van der Waals surface area (Å²) in [5.41, 5.74) is 0.402. The lowest BCUT2D eigenvalue weighted by atomic mass is 10.2. The highest BCUT2D eigenvalue weighted by Crippen LogP contribution is 2.27. The van der Waals surface area contributed by atoms with Crippen molar-refractivity contribution in [3.8, 4) is 17.2 Å². The lowest BCUT2D eigenvalue weighted by molar-refractivity contribution is -0.145. The maximum Gasteiger partial charge on any atom is 0.437 e. The number of hydrogen-bond acceptors (Lipinski definition) is 6. The summed E-state index contributed by atoms with van der Waals surface area (Å²) >= 11 is 11.8. The van der Waals surface area contributed by atoms with Gasteiger partial charge in [0.2, 0.25) is 5.89 Å². The van der Waals surface area contributed by atoms with Crippen LogP contribution in [0, 0.1) is 5.82 Å². The fourth-order valence-electron chi connectivity index (χ4n) is 2.18. The fraction of sp³-hybridized carbons (Fsp3) is 0.167. The molecule has 0 saturated carbocycles. The number of carbonyl (C=O) groups is 1. The highest BCUT2D eigenvalue weighted by Gasteiger charge is 2.14. The van der Waals surface area contributed by atoms with E-state index in [0.717, 1.165) is 4.68 Å². The van der Waals surface area contributed by atoms with Crippen LogP contribution in [0.25, 0.3) is 11.5 Å². The van der Waals surface area contributed by atoms with Crippen LogP contribution >= 0.6 is 23.2 Å². The van der Waals surface area contributed by atoms with Crippen molar-refractivity contribution in [2.24, 2.45) is 0 Å². The third-order valence-corrected chi connectivity index (χ3v) is 4.00. The van der Waals surface area contributed by atoms with E-state index in [1.165, 1.54) is 30.3 Å². The Balaban J connectivity index is 1.51. The highest BCUT2D eigenvalue weighted by molar-refractivity contribution is 6.35. The number of hydrogen-bond donors (Lipinski definition) is 0. The predicted molar refractivity (Wildman–Crippen MR) is 99.1 cm³/mol. The summed E-state index contributed by atoms with van der Waals surface area (Å²) in [5.74, 6) is -1.60. The number of rotatable bonds is 7. The summed E-state index contributed by atoms with van der Waals surface area (Å²) < 4.78 is 29.1. The van der Waals surface area contributed by atoms with E-state index in [9.17, 15) is 14.0 Å². The zero-order valence-corrected chi connectivity index (χ0v) is 15.7. The van der Waals surface area contributed by atoms with Gasteiger partial charge in [-0.15, -0.1) is 5.10 Å². The van der Waals surface area contributed by atoms with Crippen molar-refractivity contribution in [2.45, 2.75) is 6.54 Å². The average molecular weight is 427 g/mol. The third-order valence-electron chi connectivity index (χ3n) is 3.47. The van der Waals surface area contributed by atoms with Crippen LogP contribution in [0.4, 0.5) is 4.39 Å². The monoisotopic (exact) mass is 426 g/mol. The van der Waals surface area contributed by atoms with E-state index in [-0.39, 0.29) is 19.1 Å². The molecule has 0 unspecified atom stereocenters. The molecule has 0 saturated heterocycles. The third kappa shape index (κ3) is 5.11. The Morgan fingerprint density at radius 1 is 1.14 bits per heavy atom. The van der Waals surface area contributed by atoms with Gasteiger partial charge in [-0.1, -0.05) is 23.2 Å². The molecule has 146 valence electrons. The Kier molecular flexibility index (Phi) is 6.33. The van der Waals surface area contributed by atoms with Gasteiger partial charge in [-0.3, -0.25) is 4.79 Å². The van der Waals surface area contributed by atoms with Crippen LogP contribution in [0.3, 0.4) is 0 Å². The molecular formula is C18H13Cl2FN2O5. The molecule has 0 aliphatic carbocycles. The summed E-state index contributed by atoms with van der Waals surface area (Å²) in [5, 5.41) is 4.71. The summed E-state index contributed by atoms with van der Waals surface area (Å²) in [4.78, 5) is 23.7. The molecule has 3 rings (SSSR count). The van der Waals surface area contributed by atoms with Crippen molar-refractivity contribution < 1.29 is 23.1 Å². The molecule has 0 radical (unpaired) electrons. The predicted octanol–water partition coefficient (Wildman–Crippen LogP) is 3.57. The molecule has 0 amide bonds. The minimum atomic E-state index is -0.833. The zero-order chi connectivity index (χ0) is 20.1. The second-order valence-electron chi connectivity index (χ2n) is 5.48. The lowest BCUT2D eigenvalue weighted by Crippen LogP contribution is -2.24. The SMILES string of the molecule is O=C(Cn1nc(-c2ccc(F)cc2)oc1=O)OCCOc1ccc(Cl)cc1Cl. The molecule has 0 atom stereocenters. The van der Waals surface area contributed by atoms with Crippen LogP contribution in [0.5, 0.6) is 5.75 Å². The van der Waals surface area contributed by atoms with Gasteiger partial charge in [-0.25, -0.2) is 9.18 Å². The lowest BCUT2D eigenvalue weighted by Gasteiger charge is -2.08. The Hall–Kier alpha value is -2.84. The van der Waals surface area contributed by atoms with Crippen molar-refractivity contribution in [3.05, 3.63) is 68.9 Å². The van der Waals surface area contributed by atoms with Crippen molar-refractivity contribution >= 4 is 29.2 Å². The molecule has 0 aliphatic rings. The maximum absolute atomic E-state index is 13.0. The van der Waals surface area contributed by atoms with Gasteiger partial charge < -0.3 is 13.9 Å². The molecule has 0 N–H and O–H groups in total. The Labute approximate surface area is 168 Å². The van der Waals surface area contributed by atoms with Crippen molar-refractivity contribution in [1.82, 2.24) is 9.78 Å². The standard InChI is InChI=1S/C18H13Cl2FN2O5/c19-12-3-6-15(14(20)9-12)26-7-8-27-16(24)10-23-18(25)28-17(22-23)11-1-4-13(21)5-2-11/h1-6,9H,7-8,10H2. The van der Waals surface area contributed by atoms with Gasteiger partial charge in [0.15, 0.2) is 0 Å². The molecule has 1 aromatic heterocycles. The molecule has 28 heavy (non-hydrogen) atoms. The van der Waals surface area contributed by atoms with Gasteiger partial charge in [-0.2, -0.15) is 4.68 Å². The first-order chi connectivity index (χ1) is 13.4. The number of ether oxygens (including phenoxy) is 2. The fourth-order valence-corrected chi connectivity index (χ4v) is 2.65. The number of halogens is 3. The van der Waals surface area contributed by atoms with E-state index in [2.05, 4.69) is 5.10 Å². The summed E-state index contributed by atoms with van der Waals surface area (Å²) in [7, 11) is 0. The van der Waals surface area contributed by atoms with Gasteiger partial charge >= 0.3 is 11.7 Å². The van der Waals surface area contributed by atoms with E-state index in [1.54, 1.807) is 12.1 Å². The second kappa shape index (κ2) is 8.90. The molecule has 0 bridgehead atoms. The van der Waals surface area contributed by atoms with E-state index in [1.807, 2.05) is 0 Å². The molecule has 10 heteroatoms. The van der Waals surface area contributed by atoms with Gasteiger partial charge in [0.05, 0.1) is 5.02 Å². The largest absolute Gasteiger partial charge is 0.488 e. The van der Waals surface area contributed by atoms with Crippen LogP contribution in [0.1, 0.15) is 0 Å². The van der Waals surface area contributed by atoms with Gasteiger partial charge in [0, 0.05) is 10.6 Å². The van der Waals surface area contributed by atoms with Crippen molar-refractivity contribution in [1.29, 1.82) is 0 Å². The van der Waals surface area contributed by atoms with Crippen LogP contribution in [-0.2, 0) is 16.1 Å². The first kappa shape index (κ1) is 19.9. The van der Waals surface area contributed by atoms with E-state index in [4.69, 9.17) is 37.1 Å². The first-order valence-corrected chi connectivity index (χ1v) is 8.75. The van der Waals surface area contributed by atoms with Crippen LogP contribution in [-0.4, -0.2) is 29.0 Å². The molecule has 0 aliphatic heterocycles. The molecule has 3 aromatic rings. The summed E-state index contributed by atoms with van der Waals surface area (Å²) in [6.45, 7) is -0.442. The van der Waals surface area contributed by atoms with Gasteiger partial charge in [0.25, 0.3) is 0 Å². The van der Waals surface area contributed by atoms with Crippen LogP contribution in [0.2, 0.25) is 10.0 Å². The molecule has 1 heterocycles. The number of benzene rings is 2. The molecule has 0 fully saturated rings. The quantitative estimate of drug-likeness (QED) is 0.424. The maximum atomic E-state index is 13.0. The van der Waals surface area contributed by atoms with Gasteiger partial charge in [0.1, 0.15) is 31.3 Å². The molecular weight excluding hydrogens is 414 g/mol. The van der Waals surface area contributed by atoms with Crippen LogP contribution in [0.15, 0.2) is 51.7 Å². The van der Waals surface area contributed by atoms with Crippen LogP contribution < -0.4 is 10.5 Å². The normalized spacial score (nSPS) is 10.7. The summed E-state index contributed by atoms with van der Waals surface area (Å²) in [6.07, 6.45) is 0. The summed E-state index contributed by atoms with van der Waals surface area (Å²) in [6, 6.07) is 9.96. The topological polar surface area (TPSA) is 83.6 Å². The average Bonchev–Trinajstić information content (AvgIpc) is 3.01. The van der Waals surface area contributed by atoms with E-state index >= 15 is 0 Å². The number of esters is 1. The van der Waals surface area contributed by atoms with E-state index < -0.39 is 24.1 Å². The van der Waals surface area contributed by atoms with Gasteiger partial charge in [-0.05, 0) is 42.5 Å².